The Morgan fingerprint density at radius 3 is 2.94 bits per heavy atom. The van der Waals surface area contributed by atoms with E-state index in [0.717, 1.165) is 18.3 Å². The summed E-state index contributed by atoms with van der Waals surface area (Å²) in [5, 5.41) is 4.20. The number of nitrogens with one attached hydrogen (secondary N) is 1. The third kappa shape index (κ3) is 4.21. The molecule has 1 fully saturated rings. The number of hydrogen-bond donors (Lipinski definition) is 1. The van der Waals surface area contributed by atoms with Gasteiger partial charge in [-0.2, -0.15) is 0 Å². The smallest absolute Gasteiger partial charge is 0.138 e. The van der Waals surface area contributed by atoms with Crippen molar-refractivity contribution < 1.29 is 4.74 Å². The maximum absolute atomic E-state index is 6.08. The van der Waals surface area contributed by atoms with Crippen LogP contribution in [0, 0.1) is 12.8 Å². The lowest BCUT2D eigenvalue weighted by Gasteiger charge is -2.14. The van der Waals surface area contributed by atoms with Crippen LogP contribution in [0.25, 0.3) is 0 Å². The average molecular weight is 254 g/mol. The number of hydrogen-bond acceptors (Lipinski definition) is 2. The summed E-state index contributed by atoms with van der Waals surface area (Å²) < 4.78 is 5.76. The van der Waals surface area contributed by atoms with E-state index in [2.05, 4.69) is 12.2 Å². The fourth-order valence-corrected chi connectivity index (χ4v) is 1.84. The van der Waals surface area contributed by atoms with E-state index in [1.165, 1.54) is 18.4 Å². The Bertz CT molecular complexity index is 376. The van der Waals surface area contributed by atoms with Gasteiger partial charge in [0.25, 0.3) is 0 Å². The molecule has 1 atom stereocenters. The van der Waals surface area contributed by atoms with Crippen molar-refractivity contribution in [3.8, 4) is 5.75 Å². The Balaban J connectivity index is 1.77. The molecule has 0 heterocycles. The molecule has 0 aliphatic heterocycles. The molecule has 0 radical (unpaired) electrons. The second-order valence-electron chi connectivity index (χ2n) is 5.03. The monoisotopic (exact) mass is 253 g/mol. The fourth-order valence-electron chi connectivity index (χ4n) is 1.67. The molecule has 3 heteroatoms. The summed E-state index contributed by atoms with van der Waals surface area (Å²) in [4.78, 5) is 0. The second-order valence-corrected chi connectivity index (χ2v) is 5.44. The third-order valence-corrected chi connectivity index (χ3v) is 3.25. The van der Waals surface area contributed by atoms with Crippen LogP contribution in [0.15, 0.2) is 18.2 Å². The number of rotatable bonds is 6. The normalized spacial score (nSPS) is 16.9. The lowest BCUT2D eigenvalue weighted by Crippen LogP contribution is -2.26. The van der Waals surface area contributed by atoms with Crippen molar-refractivity contribution in [3.05, 3.63) is 28.8 Å². The highest BCUT2D eigenvalue weighted by atomic mass is 35.5. The quantitative estimate of drug-likeness (QED) is 0.839. The molecule has 1 saturated carbocycles. The molecule has 94 valence electrons. The molecular formula is C14H20ClNO. The predicted octanol–water partition coefficient (Wildman–Crippen LogP) is 3.42. The van der Waals surface area contributed by atoms with Gasteiger partial charge in [-0.3, -0.25) is 0 Å². The summed E-state index contributed by atoms with van der Waals surface area (Å²) in [5.74, 6) is 1.30. The highest BCUT2D eigenvalue weighted by Crippen LogP contribution is 2.25. The minimum Gasteiger partial charge on any atom is -0.492 e. The first-order valence-corrected chi connectivity index (χ1v) is 6.65. The molecule has 17 heavy (non-hydrogen) atoms. The maximum Gasteiger partial charge on any atom is 0.138 e. The molecule has 1 N–H and O–H groups in total. The molecule has 0 spiro atoms. The zero-order chi connectivity index (χ0) is 12.3. The summed E-state index contributed by atoms with van der Waals surface area (Å²) in [6.45, 7) is 5.97. The van der Waals surface area contributed by atoms with Crippen molar-refractivity contribution >= 4 is 11.6 Å². The summed E-state index contributed by atoms with van der Waals surface area (Å²) in [6.07, 6.45) is 2.66. The van der Waals surface area contributed by atoms with Gasteiger partial charge in [0.1, 0.15) is 5.75 Å². The molecule has 0 aromatic heterocycles. The topological polar surface area (TPSA) is 21.3 Å². The van der Waals surface area contributed by atoms with Gasteiger partial charge >= 0.3 is 0 Å². The van der Waals surface area contributed by atoms with Crippen LogP contribution in [-0.4, -0.2) is 19.2 Å². The average Bonchev–Trinajstić information content (AvgIpc) is 3.11. The molecule has 1 aromatic carbocycles. The van der Waals surface area contributed by atoms with Crippen molar-refractivity contribution in [2.75, 3.05) is 13.2 Å². The van der Waals surface area contributed by atoms with Crippen molar-refractivity contribution in [2.24, 2.45) is 5.92 Å². The molecule has 1 aromatic rings. The van der Waals surface area contributed by atoms with Crippen LogP contribution in [0.1, 0.15) is 25.3 Å². The highest BCUT2D eigenvalue weighted by Gasteiger charge is 2.20. The van der Waals surface area contributed by atoms with E-state index in [1.54, 1.807) is 0 Å². The number of halogens is 1. The van der Waals surface area contributed by atoms with Crippen LogP contribution in [0.3, 0.4) is 0 Å². The Labute approximate surface area is 108 Å². The van der Waals surface area contributed by atoms with E-state index in [9.17, 15) is 0 Å². The fraction of sp³-hybridized carbons (Fsp3) is 0.571. The Kier molecular flexibility index (Phi) is 4.30. The Morgan fingerprint density at radius 2 is 2.24 bits per heavy atom. The van der Waals surface area contributed by atoms with E-state index in [1.807, 2.05) is 25.1 Å². The molecule has 2 rings (SSSR count). The zero-order valence-corrected chi connectivity index (χ0v) is 11.3. The van der Waals surface area contributed by atoms with E-state index in [4.69, 9.17) is 16.3 Å². The first-order chi connectivity index (χ1) is 8.15. The molecule has 0 saturated heterocycles. The maximum atomic E-state index is 6.08. The van der Waals surface area contributed by atoms with Crippen LogP contribution in [0.4, 0.5) is 0 Å². The van der Waals surface area contributed by atoms with Crippen molar-refractivity contribution in [1.82, 2.24) is 5.32 Å². The van der Waals surface area contributed by atoms with Crippen molar-refractivity contribution in [3.63, 3.8) is 0 Å². The van der Waals surface area contributed by atoms with Gasteiger partial charge in [0.15, 0.2) is 0 Å². The minimum absolute atomic E-state index is 0.507. The molecule has 1 aliphatic rings. The summed E-state index contributed by atoms with van der Waals surface area (Å²) >= 11 is 6.08. The van der Waals surface area contributed by atoms with Crippen LogP contribution in [-0.2, 0) is 0 Å². The van der Waals surface area contributed by atoms with Gasteiger partial charge in [-0.05, 0) is 37.5 Å². The zero-order valence-electron chi connectivity index (χ0n) is 10.5. The number of aryl methyl sites for hydroxylation is 1. The van der Waals surface area contributed by atoms with Gasteiger partial charge < -0.3 is 10.1 Å². The van der Waals surface area contributed by atoms with E-state index in [-0.39, 0.29) is 0 Å². The summed E-state index contributed by atoms with van der Waals surface area (Å²) in [5.41, 5.74) is 1.17. The summed E-state index contributed by atoms with van der Waals surface area (Å²) in [7, 11) is 0. The number of benzene rings is 1. The van der Waals surface area contributed by atoms with Gasteiger partial charge in [0, 0.05) is 18.5 Å². The van der Waals surface area contributed by atoms with Crippen LogP contribution < -0.4 is 10.1 Å². The number of ether oxygens (including phenoxy) is 1. The SMILES string of the molecule is Cc1ccc(Cl)c(OCC(C)CNC2CC2)c1. The largest absolute Gasteiger partial charge is 0.492 e. The van der Waals surface area contributed by atoms with Crippen LogP contribution in [0.2, 0.25) is 5.02 Å². The van der Waals surface area contributed by atoms with Gasteiger partial charge in [-0.25, -0.2) is 0 Å². The first-order valence-electron chi connectivity index (χ1n) is 6.27. The summed E-state index contributed by atoms with van der Waals surface area (Å²) in [6, 6.07) is 6.63. The minimum atomic E-state index is 0.507. The lowest BCUT2D eigenvalue weighted by molar-refractivity contribution is 0.255. The third-order valence-electron chi connectivity index (χ3n) is 2.94. The van der Waals surface area contributed by atoms with Gasteiger partial charge in [0.05, 0.1) is 11.6 Å². The Hall–Kier alpha value is -0.730. The van der Waals surface area contributed by atoms with E-state index < -0.39 is 0 Å². The molecule has 2 nitrogen and oxygen atoms in total. The van der Waals surface area contributed by atoms with Gasteiger partial charge in [-0.15, -0.1) is 0 Å². The van der Waals surface area contributed by atoms with Crippen LogP contribution >= 0.6 is 11.6 Å². The molecule has 1 unspecified atom stereocenters. The molecule has 0 bridgehead atoms. The molecule has 1 aliphatic carbocycles. The molecular weight excluding hydrogens is 234 g/mol. The van der Waals surface area contributed by atoms with Gasteiger partial charge in [0.2, 0.25) is 0 Å². The highest BCUT2D eigenvalue weighted by molar-refractivity contribution is 6.32. The van der Waals surface area contributed by atoms with Crippen molar-refractivity contribution in [1.29, 1.82) is 0 Å². The first kappa shape index (κ1) is 12.7. The second kappa shape index (κ2) is 5.74. The molecule has 0 amide bonds. The predicted molar refractivity (Wildman–Crippen MR) is 71.9 cm³/mol. The van der Waals surface area contributed by atoms with E-state index in [0.29, 0.717) is 17.5 Å². The standard InChI is InChI=1S/C14H20ClNO/c1-10-3-6-13(15)14(7-10)17-9-11(2)8-16-12-4-5-12/h3,6-7,11-12,16H,4-5,8-9H2,1-2H3. The van der Waals surface area contributed by atoms with E-state index >= 15 is 0 Å². The van der Waals surface area contributed by atoms with Crippen LogP contribution in [0.5, 0.6) is 5.75 Å². The van der Waals surface area contributed by atoms with Crippen molar-refractivity contribution in [2.45, 2.75) is 32.7 Å². The Morgan fingerprint density at radius 1 is 1.47 bits per heavy atom. The lowest BCUT2D eigenvalue weighted by atomic mass is 10.2. The van der Waals surface area contributed by atoms with Gasteiger partial charge in [-0.1, -0.05) is 24.6 Å².